The van der Waals surface area contributed by atoms with Crippen LogP contribution in [-0.2, 0) is 29.1 Å². The smallest absolute Gasteiger partial charge is 0.338 e. The van der Waals surface area contributed by atoms with Crippen LogP contribution in [0.1, 0.15) is 41.0 Å². The normalized spacial score (nSPS) is 12.9. The van der Waals surface area contributed by atoms with Gasteiger partial charge in [0, 0.05) is 18.7 Å². The van der Waals surface area contributed by atoms with Crippen LogP contribution in [0.4, 0.5) is 5.69 Å². The molecule has 0 radical (unpaired) electrons. The standard InChI is InChI=1S/C29H27N3O5/c33-27(30-22-11-13-23(14-12-22)36-18-20-7-3-1-4-8-20)19-37-29(35)21-10-15-24-25(17-21)31-26-9-5-2-6-16-32(26)28(24)34/h1,3-4,7-8,10-15,17H,2,5-6,9,16,18-19H2,(H,30,33). The van der Waals surface area contributed by atoms with Crippen molar-refractivity contribution in [3.8, 4) is 5.75 Å². The summed E-state index contributed by atoms with van der Waals surface area (Å²) in [4.78, 5) is 42.4. The van der Waals surface area contributed by atoms with Gasteiger partial charge in [-0.1, -0.05) is 36.8 Å². The third-order valence-electron chi connectivity index (χ3n) is 6.27. The zero-order valence-electron chi connectivity index (χ0n) is 20.3. The molecule has 1 aliphatic heterocycles. The number of hydrogen-bond donors (Lipinski definition) is 1. The molecule has 8 nitrogen and oxygen atoms in total. The Kier molecular flexibility index (Phi) is 7.26. The van der Waals surface area contributed by atoms with E-state index in [-0.39, 0.29) is 11.1 Å². The maximum Gasteiger partial charge on any atom is 0.338 e. The van der Waals surface area contributed by atoms with Crippen LogP contribution in [0.3, 0.4) is 0 Å². The Morgan fingerprint density at radius 3 is 2.57 bits per heavy atom. The van der Waals surface area contributed by atoms with Crippen molar-refractivity contribution < 1.29 is 19.1 Å². The maximum atomic E-state index is 12.9. The van der Waals surface area contributed by atoms with Gasteiger partial charge in [0.2, 0.25) is 0 Å². The minimum Gasteiger partial charge on any atom is -0.489 e. The Bertz CT molecular complexity index is 1480. The molecule has 1 N–H and O–H groups in total. The van der Waals surface area contributed by atoms with E-state index in [0.29, 0.717) is 35.5 Å². The van der Waals surface area contributed by atoms with Crippen molar-refractivity contribution in [2.45, 2.75) is 38.8 Å². The number of ether oxygens (including phenoxy) is 2. The number of carbonyl (C=O) groups excluding carboxylic acids is 2. The van der Waals surface area contributed by atoms with Crippen LogP contribution >= 0.6 is 0 Å². The van der Waals surface area contributed by atoms with E-state index in [2.05, 4.69) is 10.3 Å². The van der Waals surface area contributed by atoms with Gasteiger partial charge in [-0.3, -0.25) is 14.2 Å². The number of rotatable bonds is 7. The fourth-order valence-corrected chi connectivity index (χ4v) is 4.33. The molecule has 0 fully saturated rings. The number of fused-ring (bicyclic) bond motifs is 2. The SMILES string of the molecule is O=C(COC(=O)c1ccc2c(=O)n3c(nc2c1)CCCCC3)Nc1ccc(OCc2ccccc2)cc1. The summed E-state index contributed by atoms with van der Waals surface area (Å²) in [5.74, 6) is 0.304. The Labute approximate surface area is 213 Å². The molecule has 37 heavy (non-hydrogen) atoms. The molecular formula is C29H27N3O5. The zero-order chi connectivity index (χ0) is 25.6. The van der Waals surface area contributed by atoms with Gasteiger partial charge in [0.1, 0.15) is 18.2 Å². The van der Waals surface area contributed by atoms with Gasteiger partial charge in [0.05, 0.1) is 16.5 Å². The number of anilines is 1. The van der Waals surface area contributed by atoms with Crippen LogP contribution in [-0.4, -0.2) is 28.0 Å². The number of aryl methyl sites for hydroxylation is 1. The largest absolute Gasteiger partial charge is 0.489 e. The number of amides is 1. The molecule has 0 unspecified atom stereocenters. The highest BCUT2D eigenvalue weighted by Crippen LogP contribution is 2.18. The molecule has 188 valence electrons. The highest BCUT2D eigenvalue weighted by Gasteiger charge is 2.16. The number of carbonyl (C=O) groups is 2. The molecule has 0 spiro atoms. The van der Waals surface area contributed by atoms with Crippen LogP contribution in [0.5, 0.6) is 5.75 Å². The Hall–Kier alpha value is -4.46. The number of hydrogen-bond acceptors (Lipinski definition) is 6. The van der Waals surface area contributed by atoms with Crippen LogP contribution in [0, 0.1) is 0 Å². The highest BCUT2D eigenvalue weighted by molar-refractivity contribution is 5.97. The number of esters is 1. The lowest BCUT2D eigenvalue weighted by atomic mass is 10.1. The lowest BCUT2D eigenvalue weighted by Crippen LogP contribution is -2.25. The fraction of sp³-hybridized carbons (Fsp3) is 0.241. The molecule has 1 aromatic heterocycles. The Balaban J connectivity index is 1.16. The van der Waals surface area contributed by atoms with Crippen LogP contribution in [0.25, 0.3) is 10.9 Å². The molecule has 0 bridgehead atoms. The summed E-state index contributed by atoms with van der Waals surface area (Å²) in [6, 6.07) is 21.5. The summed E-state index contributed by atoms with van der Waals surface area (Å²) in [5.41, 5.74) is 2.24. The number of aromatic nitrogens is 2. The molecular weight excluding hydrogens is 470 g/mol. The van der Waals surface area contributed by atoms with Crippen molar-refractivity contribution in [1.29, 1.82) is 0 Å². The first-order valence-electron chi connectivity index (χ1n) is 12.3. The van der Waals surface area contributed by atoms with Crippen LogP contribution in [0.15, 0.2) is 77.6 Å². The van der Waals surface area contributed by atoms with Crippen molar-refractivity contribution in [3.63, 3.8) is 0 Å². The first-order chi connectivity index (χ1) is 18.1. The third kappa shape index (κ3) is 5.86. The Morgan fingerprint density at radius 2 is 1.76 bits per heavy atom. The van der Waals surface area contributed by atoms with Crippen molar-refractivity contribution in [3.05, 3.63) is 100 Å². The third-order valence-corrected chi connectivity index (χ3v) is 6.27. The molecule has 0 atom stereocenters. The fourth-order valence-electron chi connectivity index (χ4n) is 4.33. The summed E-state index contributed by atoms with van der Waals surface area (Å²) in [7, 11) is 0. The van der Waals surface area contributed by atoms with E-state index in [0.717, 1.165) is 37.1 Å². The molecule has 8 heteroatoms. The predicted octanol–water partition coefficient (Wildman–Crippen LogP) is 4.50. The monoisotopic (exact) mass is 497 g/mol. The zero-order valence-corrected chi connectivity index (χ0v) is 20.3. The first-order valence-corrected chi connectivity index (χ1v) is 12.3. The Morgan fingerprint density at radius 1 is 0.946 bits per heavy atom. The lowest BCUT2D eigenvalue weighted by molar-refractivity contribution is -0.119. The van der Waals surface area contributed by atoms with Crippen molar-refractivity contribution in [1.82, 2.24) is 9.55 Å². The molecule has 4 aromatic rings. The molecule has 0 aliphatic carbocycles. The average molecular weight is 498 g/mol. The van der Waals surface area contributed by atoms with E-state index in [1.807, 2.05) is 30.3 Å². The second-order valence-electron chi connectivity index (χ2n) is 8.95. The van der Waals surface area contributed by atoms with E-state index >= 15 is 0 Å². The summed E-state index contributed by atoms with van der Waals surface area (Å²) < 4.78 is 12.7. The van der Waals surface area contributed by atoms with E-state index in [9.17, 15) is 14.4 Å². The first kappa shape index (κ1) is 24.2. The van der Waals surface area contributed by atoms with Gasteiger partial charge in [-0.15, -0.1) is 0 Å². The summed E-state index contributed by atoms with van der Waals surface area (Å²) in [5, 5.41) is 3.17. The maximum absolute atomic E-state index is 12.9. The molecule has 5 rings (SSSR count). The quantitative estimate of drug-likeness (QED) is 0.378. The average Bonchev–Trinajstić information content (AvgIpc) is 3.17. The van der Waals surface area contributed by atoms with Crippen molar-refractivity contribution in [2.75, 3.05) is 11.9 Å². The van der Waals surface area contributed by atoms with Gasteiger partial charge in [-0.2, -0.15) is 0 Å². The van der Waals surface area contributed by atoms with Crippen molar-refractivity contribution in [2.24, 2.45) is 0 Å². The number of benzene rings is 3. The number of nitrogens with one attached hydrogen (secondary N) is 1. The second-order valence-corrected chi connectivity index (χ2v) is 8.95. The van der Waals surface area contributed by atoms with Crippen molar-refractivity contribution >= 4 is 28.5 Å². The van der Waals surface area contributed by atoms with Gasteiger partial charge in [0.15, 0.2) is 6.61 Å². The minimum absolute atomic E-state index is 0.0855. The minimum atomic E-state index is -0.654. The lowest BCUT2D eigenvalue weighted by Gasteiger charge is -2.11. The molecule has 2 heterocycles. The number of nitrogens with zero attached hydrogens (tertiary/aromatic N) is 2. The molecule has 3 aromatic carbocycles. The van der Waals surface area contributed by atoms with Gasteiger partial charge in [0.25, 0.3) is 11.5 Å². The van der Waals surface area contributed by atoms with Gasteiger partial charge in [-0.25, -0.2) is 9.78 Å². The van der Waals surface area contributed by atoms with E-state index in [1.54, 1.807) is 41.0 Å². The molecule has 0 saturated carbocycles. The molecule has 0 saturated heterocycles. The van der Waals surface area contributed by atoms with Crippen LogP contribution in [0.2, 0.25) is 0 Å². The van der Waals surface area contributed by atoms with E-state index in [1.165, 1.54) is 6.07 Å². The van der Waals surface area contributed by atoms with Crippen LogP contribution < -0.4 is 15.6 Å². The van der Waals surface area contributed by atoms with E-state index in [4.69, 9.17) is 9.47 Å². The van der Waals surface area contributed by atoms with Gasteiger partial charge < -0.3 is 14.8 Å². The highest BCUT2D eigenvalue weighted by atomic mass is 16.5. The summed E-state index contributed by atoms with van der Waals surface area (Å²) in [6.07, 6.45) is 3.74. The van der Waals surface area contributed by atoms with E-state index < -0.39 is 18.5 Å². The summed E-state index contributed by atoms with van der Waals surface area (Å²) in [6.45, 7) is 0.674. The molecule has 1 aliphatic rings. The topological polar surface area (TPSA) is 99.5 Å². The summed E-state index contributed by atoms with van der Waals surface area (Å²) >= 11 is 0. The van der Waals surface area contributed by atoms with Gasteiger partial charge in [-0.05, 0) is 60.9 Å². The second kappa shape index (κ2) is 11.1. The molecule has 1 amide bonds. The predicted molar refractivity (Wildman–Crippen MR) is 140 cm³/mol. The van der Waals surface area contributed by atoms with Gasteiger partial charge >= 0.3 is 5.97 Å².